The highest BCUT2D eigenvalue weighted by atomic mass is 19.1. The van der Waals surface area contributed by atoms with Crippen molar-refractivity contribution in [1.82, 2.24) is 10.2 Å². The molecular weight excluding hydrogens is 231 g/mol. The van der Waals surface area contributed by atoms with E-state index >= 15 is 0 Å². The summed E-state index contributed by atoms with van der Waals surface area (Å²) in [5.41, 5.74) is 0.937. The molecule has 0 aliphatic carbocycles. The van der Waals surface area contributed by atoms with Gasteiger partial charge in [0, 0.05) is 19.1 Å². The topological polar surface area (TPSA) is 24.5 Å². The molecule has 1 rings (SSSR count). The van der Waals surface area contributed by atoms with E-state index in [1.807, 2.05) is 13.0 Å². The first-order chi connectivity index (χ1) is 8.58. The molecule has 1 aromatic carbocycles. The Morgan fingerprint density at radius 1 is 1.44 bits per heavy atom. The lowest BCUT2D eigenvalue weighted by Gasteiger charge is -2.18. The van der Waals surface area contributed by atoms with Crippen LogP contribution in [0.1, 0.15) is 25.5 Å². The molecule has 0 aliphatic heterocycles. The molecular formula is C14H23FN2O. The van der Waals surface area contributed by atoms with Gasteiger partial charge in [-0.1, -0.05) is 13.0 Å². The van der Waals surface area contributed by atoms with Gasteiger partial charge in [-0.05, 0) is 38.2 Å². The highest BCUT2D eigenvalue weighted by molar-refractivity contribution is 5.30. The second-order valence-corrected chi connectivity index (χ2v) is 4.47. The molecule has 0 aliphatic rings. The lowest BCUT2D eigenvalue weighted by molar-refractivity contribution is 0.342. The van der Waals surface area contributed by atoms with Crippen molar-refractivity contribution in [2.24, 2.45) is 0 Å². The number of hydrogen-bond acceptors (Lipinski definition) is 3. The molecule has 0 saturated carbocycles. The van der Waals surface area contributed by atoms with Crippen LogP contribution in [0, 0.1) is 5.82 Å². The average molecular weight is 254 g/mol. The van der Waals surface area contributed by atoms with Crippen molar-refractivity contribution < 1.29 is 9.13 Å². The molecule has 1 N–H and O–H groups in total. The Kier molecular flexibility index (Phi) is 6.09. The van der Waals surface area contributed by atoms with Crippen molar-refractivity contribution in [2.45, 2.75) is 19.9 Å². The van der Waals surface area contributed by atoms with E-state index in [4.69, 9.17) is 4.74 Å². The van der Waals surface area contributed by atoms with Gasteiger partial charge in [-0.25, -0.2) is 4.39 Å². The van der Waals surface area contributed by atoms with Gasteiger partial charge < -0.3 is 15.0 Å². The zero-order valence-corrected chi connectivity index (χ0v) is 11.7. The molecule has 3 nitrogen and oxygen atoms in total. The maximum Gasteiger partial charge on any atom is 0.165 e. The predicted molar refractivity (Wildman–Crippen MR) is 72.5 cm³/mol. The number of nitrogens with one attached hydrogen (secondary N) is 1. The van der Waals surface area contributed by atoms with Crippen molar-refractivity contribution in [3.05, 3.63) is 29.6 Å². The number of rotatable bonds is 7. The molecule has 0 amide bonds. The Balaban J connectivity index is 2.51. The quantitative estimate of drug-likeness (QED) is 0.809. The van der Waals surface area contributed by atoms with Crippen LogP contribution in [-0.4, -0.2) is 38.7 Å². The van der Waals surface area contributed by atoms with E-state index in [-0.39, 0.29) is 17.6 Å². The fraction of sp³-hybridized carbons (Fsp3) is 0.571. The van der Waals surface area contributed by atoms with E-state index in [0.29, 0.717) is 0 Å². The van der Waals surface area contributed by atoms with E-state index < -0.39 is 0 Å². The molecule has 0 fully saturated rings. The van der Waals surface area contributed by atoms with Gasteiger partial charge in [-0.3, -0.25) is 0 Å². The second kappa shape index (κ2) is 7.34. The fourth-order valence-electron chi connectivity index (χ4n) is 1.70. The molecule has 18 heavy (non-hydrogen) atoms. The van der Waals surface area contributed by atoms with Gasteiger partial charge >= 0.3 is 0 Å². The first kappa shape index (κ1) is 14.9. The van der Waals surface area contributed by atoms with Crippen LogP contribution in [0.15, 0.2) is 18.2 Å². The minimum atomic E-state index is -0.311. The number of likely N-dealkylation sites (N-methyl/N-ethyl adjacent to an activating group) is 1. The Hall–Kier alpha value is -1.13. The van der Waals surface area contributed by atoms with Crippen molar-refractivity contribution in [2.75, 3.05) is 33.8 Å². The molecule has 0 spiro atoms. The number of ether oxygens (including phenoxy) is 1. The van der Waals surface area contributed by atoms with Crippen LogP contribution in [0.4, 0.5) is 4.39 Å². The lowest BCUT2D eigenvalue weighted by atomic mass is 10.1. The van der Waals surface area contributed by atoms with Gasteiger partial charge in [-0.15, -0.1) is 0 Å². The van der Waals surface area contributed by atoms with Crippen LogP contribution in [-0.2, 0) is 0 Å². The van der Waals surface area contributed by atoms with Crippen LogP contribution in [0.3, 0.4) is 0 Å². The summed E-state index contributed by atoms with van der Waals surface area (Å²) in [5, 5.41) is 3.38. The SMILES string of the molecule is CCN(C)CCNC(C)c1ccc(OC)c(F)c1. The molecule has 0 heterocycles. The fourth-order valence-corrected chi connectivity index (χ4v) is 1.70. The van der Waals surface area contributed by atoms with Crippen molar-refractivity contribution >= 4 is 0 Å². The second-order valence-electron chi connectivity index (χ2n) is 4.47. The van der Waals surface area contributed by atoms with E-state index in [1.165, 1.54) is 13.2 Å². The zero-order chi connectivity index (χ0) is 13.5. The van der Waals surface area contributed by atoms with E-state index in [9.17, 15) is 4.39 Å². The summed E-state index contributed by atoms with van der Waals surface area (Å²) in [5.74, 6) is -0.0222. The Morgan fingerprint density at radius 2 is 2.17 bits per heavy atom. The van der Waals surface area contributed by atoms with E-state index in [2.05, 4.69) is 24.2 Å². The number of halogens is 1. The van der Waals surface area contributed by atoms with Crippen LogP contribution < -0.4 is 10.1 Å². The van der Waals surface area contributed by atoms with Gasteiger partial charge in [0.05, 0.1) is 7.11 Å². The van der Waals surface area contributed by atoms with Gasteiger partial charge in [0.1, 0.15) is 0 Å². The third-order valence-corrected chi connectivity index (χ3v) is 3.16. The molecule has 0 saturated heterocycles. The third kappa shape index (κ3) is 4.27. The molecule has 102 valence electrons. The number of methoxy groups -OCH3 is 1. The number of hydrogen-bond donors (Lipinski definition) is 1. The Morgan fingerprint density at radius 3 is 2.72 bits per heavy atom. The van der Waals surface area contributed by atoms with E-state index in [0.717, 1.165) is 25.2 Å². The number of benzene rings is 1. The van der Waals surface area contributed by atoms with Gasteiger partial charge in [-0.2, -0.15) is 0 Å². The van der Waals surface area contributed by atoms with E-state index in [1.54, 1.807) is 6.07 Å². The molecule has 1 atom stereocenters. The molecule has 0 aromatic heterocycles. The third-order valence-electron chi connectivity index (χ3n) is 3.16. The maximum absolute atomic E-state index is 13.6. The first-order valence-corrected chi connectivity index (χ1v) is 6.33. The normalized spacial score (nSPS) is 12.8. The summed E-state index contributed by atoms with van der Waals surface area (Å²) in [7, 11) is 3.56. The highest BCUT2D eigenvalue weighted by Crippen LogP contribution is 2.21. The van der Waals surface area contributed by atoms with Crippen LogP contribution in [0.25, 0.3) is 0 Å². The maximum atomic E-state index is 13.6. The summed E-state index contributed by atoms with van der Waals surface area (Å²) < 4.78 is 18.5. The van der Waals surface area contributed by atoms with Crippen LogP contribution in [0.2, 0.25) is 0 Å². The van der Waals surface area contributed by atoms with Crippen LogP contribution >= 0.6 is 0 Å². The van der Waals surface area contributed by atoms with Crippen molar-refractivity contribution in [3.63, 3.8) is 0 Å². The highest BCUT2D eigenvalue weighted by Gasteiger charge is 2.09. The van der Waals surface area contributed by atoms with Crippen molar-refractivity contribution in [3.8, 4) is 5.75 Å². The monoisotopic (exact) mass is 254 g/mol. The first-order valence-electron chi connectivity index (χ1n) is 6.33. The smallest absolute Gasteiger partial charge is 0.165 e. The molecule has 1 aromatic rings. The summed E-state index contributed by atoms with van der Waals surface area (Å²) in [4.78, 5) is 2.23. The standard InChI is InChI=1S/C14H23FN2O/c1-5-17(3)9-8-16-11(2)12-6-7-14(18-4)13(15)10-12/h6-7,10-11,16H,5,8-9H2,1-4H3. The average Bonchev–Trinajstić information content (AvgIpc) is 2.38. The summed E-state index contributed by atoms with van der Waals surface area (Å²) >= 11 is 0. The Labute approximate surface area is 109 Å². The number of nitrogens with zero attached hydrogens (tertiary/aromatic N) is 1. The summed E-state index contributed by atoms with van der Waals surface area (Å²) in [6, 6.07) is 5.22. The Bertz CT molecular complexity index is 371. The lowest BCUT2D eigenvalue weighted by Crippen LogP contribution is -2.30. The minimum absolute atomic E-state index is 0.135. The predicted octanol–water partition coefficient (Wildman–Crippen LogP) is 2.44. The van der Waals surface area contributed by atoms with Gasteiger partial charge in [0.25, 0.3) is 0 Å². The van der Waals surface area contributed by atoms with Crippen molar-refractivity contribution in [1.29, 1.82) is 0 Å². The molecule has 4 heteroatoms. The molecule has 1 unspecified atom stereocenters. The minimum Gasteiger partial charge on any atom is -0.494 e. The summed E-state index contributed by atoms with van der Waals surface area (Å²) in [6.45, 7) is 7.07. The van der Waals surface area contributed by atoms with Crippen LogP contribution in [0.5, 0.6) is 5.75 Å². The van der Waals surface area contributed by atoms with Gasteiger partial charge in [0.15, 0.2) is 11.6 Å². The zero-order valence-electron chi connectivity index (χ0n) is 11.7. The molecule has 0 radical (unpaired) electrons. The summed E-state index contributed by atoms with van der Waals surface area (Å²) in [6.07, 6.45) is 0. The van der Waals surface area contributed by atoms with Gasteiger partial charge in [0.2, 0.25) is 0 Å². The largest absolute Gasteiger partial charge is 0.494 e. The molecule has 0 bridgehead atoms.